The van der Waals surface area contributed by atoms with Gasteiger partial charge in [-0.2, -0.15) is 0 Å². The van der Waals surface area contributed by atoms with E-state index in [4.69, 9.17) is 0 Å². The molecule has 0 atom stereocenters. The molecule has 1 nitrogen and oxygen atoms in total. The van der Waals surface area contributed by atoms with Gasteiger partial charge in [0.05, 0.1) is 0 Å². The summed E-state index contributed by atoms with van der Waals surface area (Å²) < 4.78 is 0. The largest absolute Gasteiger partial charge is 0.269 e. The molecule has 0 fully saturated rings. The van der Waals surface area contributed by atoms with Crippen molar-refractivity contribution in [2.24, 2.45) is 0 Å². The first-order chi connectivity index (χ1) is 0. The van der Waals surface area contributed by atoms with Crippen molar-refractivity contribution in [2.45, 2.75) is 0 Å². The first-order valence-electron chi connectivity index (χ1n) is 0. The van der Waals surface area contributed by atoms with Crippen molar-refractivity contribution < 1.29 is 14.1 Å². The van der Waals surface area contributed by atoms with Crippen molar-refractivity contribution in [1.82, 2.24) is 6.15 Å². The number of hydrogen-bond acceptors (Lipinski definition) is 0. The second-order valence-corrected chi connectivity index (χ2v) is 0. The average molecular weight is 74.0 g/mol. The molecule has 0 amide bonds. The van der Waals surface area contributed by atoms with Gasteiger partial charge in [-0.1, -0.05) is 0 Å². The number of halogens is 3. The van der Waals surface area contributed by atoms with E-state index < -0.39 is 0 Å². The molecule has 0 aromatic heterocycles. The van der Waals surface area contributed by atoms with Crippen molar-refractivity contribution in [3.05, 3.63) is 0 Å². The average Bonchev–Trinajstić information content (AvgIpc) is 0. The molecule has 4 heavy (non-hydrogen) atoms. The predicted octanol–water partition coefficient (Wildman–Crippen LogP) is -0.0231. The summed E-state index contributed by atoms with van der Waals surface area (Å²) in [7, 11) is 0. The van der Waals surface area contributed by atoms with Crippen molar-refractivity contribution in [2.75, 3.05) is 0 Å². The zero-order valence-electron chi connectivity index (χ0n) is 1.67. The second-order valence-electron chi connectivity index (χ2n) is 0. The Morgan fingerprint density at radius 1 is 0.500 bits per heavy atom. The number of hydrogen-bond donors (Lipinski definition) is 0. The lowest BCUT2D eigenvalue weighted by molar-refractivity contribution is 1.11. The Labute approximate surface area is 21.7 Å². The van der Waals surface area contributed by atoms with Gasteiger partial charge in [0.25, 0.3) is 0 Å². The third-order valence-corrected chi connectivity index (χ3v) is 0. The highest BCUT2D eigenvalue weighted by atomic mass is 19.0. The SMILES string of the molecule is F.F.F.[N]. The van der Waals surface area contributed by atoms with Gasteiger partial charge in [0, 0.05) is 6.15 Å². The monoisotopic (exact) mass is 74.0 g/mol. The molecule has 0 aliphatic rings. The lowest BCUT2D eigenvalue weighted by Gasteiger charge is -0.270. The topological polar surface area (TPSA) is 30.5 Å². The quantitative estimate of drug-likeness (QED) is 0.386. The Morgan fingerprint density at radius 2 is 0.500 bits per heavy atom. The zero-order valence-corrected chi connectivity index (χ0v) is 1.67. The van der Waals surface area contributed by atoms with E-state index in [1.165, 1.54) is 0 Å². The van der Waals surface area contributed by atoms with Gasteiger partial charge in [-0.3, -0.25) is 14.1 Å². The fraction of sp³-hybridized carbons (Fsp3) is 0. The van der Waals surface area contributed by atoms with Crippen LogP contribution in [-0.4, -0.2) is 0 Å². The van der Waals surface area contributed by atoms with Crippen LogP contribution in [0.2, 0.25) is 0 Å². The minimum Gasteiger partial charge on any atom is -0.269 e. The molecule has 0 aliphatic carbocycles. The number of rotatable bonds is 0. The molecule has 0 N–H and O–H groups in total. The first kappa shape index (κ1) is 454. The summed E-state index contributed by atoms with van der Waals surface area (Å²) in [4.78, 5) is 0. The Bertz CT molecular complexity index is 3.25. The summed E-state index contributed by atoms with van der Waals surface area (Å²) in [5.74, 6) is 0. The summed E-state index contributed by atoms with van der Waals surface area (Å²) in [6.07, 6.45) is 0. The van der Waals surface area contributed by atoms with Crippen molar-refractivity contribution in [3.63, 3.8) is 0 Å². The lowest BCUT2D eigenvalue weighted by atomic mass is 14.0. The Hall–Kier alpha value is -0.250. The molecule has 4 heteroatoms. The standard InChI is InChI=1S/3FH.N/h3*1H;. The lowest BCUT2D eigenvalue weighted by Crippen LogP contribution is -0.481. The van der Waals surface area contributed by atoms with Crippen molar-refractivity contribution in [1.29, 1.82) is 0 Å². The van der Waals surface area contributed by atoms with E-state index in [0.717, 1.165) is 0 Å². The molecule has 29 valence electrons. The van der Waals surface area contributed by atoms with E-state index in [1.807, 2.05) is 0 Å². The molecule has 0 saturated carbocycles. The van der Waals surface area contributed by atoms with Crippen molar-refractivity contribution >= 4 is 0 Å². The Morgan fingerprint density at radius 3 is 0.500 bits per heavy atom. The predicted molar refractivity (Wildman–Crippen MR) is 9.64 cm³/mol. The third-order valence-electron chi connectivity index (χ3n) is 0. The molecule has 0 heterocycles. The summed E-state index contributed by atoms with van der Waals surface area (Å²) in [5.41, 5.74) is 0. The minimum atomic E-state index is 0. The second kappa shape index (κ2) is 135. The van der Waals surface area contributed by atoms with Gasteiger partial charge in [0.1, 0.15) is 0 Å². The molecule has 0 aromatic carbocycles. The van der Waals surface area contributed by atoms with E-state index in [1.54, 1.807) is 0 Å². The third kappa shape index (κ3) is 15.8. The van der Waals surface area contributed by atoms with Gasteiger partial charge >= 0.3 is 0 Å². The van der Waals surface area contributed by atoms with Gasteiger partial charge < -0.3 is 0 Å². The minimum absolute atomic E-state index is 0. The molecule has 0 bridgehead atoms. The zero-order chi connectivity index (χ0) is 0. The van der Waals surface area contributed by atoms with E-state index in [9.17, 15) is 0 Å². The maximum atomic E-state index is 0. The van der Waals surface area contributed by atoms with Gasteiger partial charge in [-0.15, -0.1) is 0 Å². The van der Waals surface area contributed by atoms with Crippen LogP contribution in [0.25, 0.3) is 0 Å². The molecular weight excluding hydrogens is 71.0 g/mol. The van der Waals surface area contributed by atoms with Crippen LogP contribution in [0.15, 0.2) is 0 Å². The van der Waals surface area contributed by atoms with E-state index in [0.29, 0.717) is 0 Å². The van der Waals surface area contributed by atoms with Crippen LogP contribution in [0.1, 0.15) is 0 Å². The van der Waals surface area contributed by atoms with Gasteiger partial charge in [-0.25, -0.2) is 0 Å². The normalized spacial score (nSPS) is 0. The summed E-state index contributed by atoms with van der Waals surface area (Å²) in [6, 6.07) is 0. The molecule has 0 aliphatic heterocycles. The van der Waals surface area contributed by atoms with Crippen LogP contribution in [0.4, 0.5) is 14.1 Å². The molecular formula is H3F3N. The number of nitrogens with zero attached hydrogens (tertiary/aromatic N) is 1. The molecule has 0 saturated heterocycles. The smallest absolute Gasteiger partial charge is 0 e. The van der Waals surface area contributed by atoms with Gasteiger partial charge in [-0.05, 0) is 0 Å². The first-order valence-corrected chi connectivity index (χ1v) is 0. The highest BCUT2D eigenvalue weighted by Gasteiger charge is 0.0000112. The van der Waals surface area contributed by atoms with Crippen LogP contribution in [0.3, 0.4) is 0 Å². The maximum Gasteiger partial charge on any atom is 0 e. The summed E-state index contributed by atoms with van der Waals surface area (Å²) >= 11 is 0. The molecule has 0 spiro atoms. The molecule has 0 aromatic rings. The molecule has 0 unspecified atom stereocenters. The van der Waals surface area contributed by atoms with Crippen LogP contribution >= 0.6 is 0 Å². The Kier molecular flexibility index (Phi) is 15300. The highest BCUT2D eigenvalue weighted by Crippen LogP contribution is 0.422. The van der Waals surface area contributed by atoms with Crippen LogP contribution in [0, 0.1) is 0 Å². The van der Waals surface area contributed by atoms with Crippen molar-refractivity contribution in [3.8, 4) is 0 Å². The summed E-state index contributed by atoms with van der Waals surface area (Å²) in [5, 5.41) is 0. The van der Waals surface area contributed by atoms with Crippen LogP contribution < -0.4 is 6.15 Å². The highest BCUT2D eigenvalue weighted by molar-refractivity contribution is 2.13. The fourth-order valence-electron chi connectivity index (χ4n) is 0. The van der Waals surface area contributed by atoms with E-state index >= 15 is 0 Å². The fourth-order valence-corrected chi connectivity index (χ4v) is 0. The van der Waals surface area contributed by atoms with Crippen LogP contribution in [0.5, 0.6) is 0 Å². The Balaban J connectivity index is 0. The van der Waals surface area contributed by atoms with E-state index in [2.05, 4.69) is 0 Å². The van der Waals surface area contributed by atoms with Gasteiger partial charge in [0.15, 0.2) is 0 Å². The maximum absolute atomic E-state index is 0. The summed E-state index contributed by atoms with van der Waals surface area (Å²) in [6.45, 7) is 0. The molecule has 0 rings (SSSR count). The van der Waals surface area contributed by atoms with Gasteiger partial charge in [0.2, 0.25) is 0 Å². The molecule has 3 radical (unpaired) electrons. The van der Waals surface area contributed by atoms with Crippen LogP contribution in [-0.2, 0) is 0 Å². The van der Waals surface area contributed by atoms with E-state index in [-0.39, 0.29) is 20.3 Å².